The van der Waals surface area contributed by atoms with Gasteiger partial charge >= 0.3 is 0 Å². The van der Waals surface area contributed by atoms with Gasteiger partial charge < -0.3 is 4.90 Å². The van der Waals surface area contributed by atoms with Gasteiger partial charge in [-0.2, -0.15) is 5.26 Å². The Balaban J connectivity index is 2.10. The topological polar surface area (TPSA) is 44.1 Å². The van der Waals surface area contributed by atoms with E-state index in [9.17, 15) is 4.79 Å². The molecule has 1 saturated heterocycles. The molecule has 3 nitrogen and oxygen atoms in total. The second-order valence-corrected chi connectivity index (χ2v) is 4.49. The van der Waals surface area contributed by atoms with Crippen molar-refractivity contribution < 1.29 is 4.79 Å². The summed E-state index contributed by atoms with van der Waals surface area (Å²) in [5.74, 6) is 0.0908. The Bertz CT molecular complexity index is 438. The van der Waals surface area contributed by atoms with Gasteiger partial charge in [0, 0.05) is 13.1 Å². The van der Waals surface area contributed by atoms with E-state index in [1.807, 2.05) is 24.0 Å². The molecule has 1 aromatic rings. The number of amides is 1. The van der Waals surface area contributed by atoms with Crippen molar-refractivity contribution >= 4 is 5.91 Å². The molecular weight excluding hydrogens is 212 g/mol. The Kier molecular flexibility index (Phi) is 3.43. The van der Waals surface area contributed by atoms with Crippen LogP contribution in [0.1, 0.15) is 36.8 Å². The van der Waals surface area contributed by atoms with Crippen molar-refractivity contribution in [1.82, 2.24) is 4.90 Å². The highest BCUT2D eigenvalue weighted by Crippen LogP contribution is 2.21. The maximum Gasteiger partial charge on any atom is 0.229 e. The first-order chi connectivity index (χ1) is 8.22. The Hall–Kier alpha value is -1.82. The van der Waals surface area contributed by atoms with Crippen molar-refractivity contribution in [1.29, 1.82) is 5.26 Å². The maximum absolute atomic E-state index is 12.2. The van der Waals surface area contributed by atoms with Gasteiger partial charge in [-0.1, -0.05) is 12.1 Å². The van der Waals surface area contributed by atoms with Crippen LogP contribution in [-0.4, -0.2) is 23.9 Å². The molecule has 0 unspecified atom stereocenters. The van der Waals surface area contributed by atoms with Gasteiger partial charge in [0.05, 0.1) is 17.6 Å². The first kappa shape index (κ1) is 11.7. The lowest BCUT2D eigenvalue weighted by atomic mass is 9.99. The van der Waals surface area contributed by atoms with Crippen LogP contribution < -0.4 is 0 Å². The molecule has 0 aliphatic carbocycles. The molecule has 0 bridgehead atoms. The molecule has 0 N–H and O–H groups in total. The van der Waals surface area contributed by atoms with E-state index in [-0.39, 0.29) is 11.8 Å². The zero-order chi connectivity index (χ0) is 12.3. The van der Waals surface area contributed by atoms with Crippen molar-refractivity contribution in [2.45, 2.75) is 25.7 Å². The van der Waals surface area contributed by atoms with Crippen LogP contribution >= 0.6 is 0 Å². The standard InChI is InChI=1S/C14H16N2O/c1-11(14(17)16-8-2-3-9-16)13-6-4-12(10-15)5-7-13/h4-7,11H,2-3,8-9H2,1H3/t11-/m0/s1. The summed E-state index contributed by atoms with van der Waals surface area (Å²) in [5, 5.41) is 8.72. The zero-order valence-corrected chi connectivity index (χ0v) is 10.0. The lowest BCUT2D eigenvalue weighted by Crippen LogP contribution is -2.31. The van der Waals surface area contributed by atoms with Crippen LogP contribution in [0.15, 0.2) is 24.3 Å². The van der Waals surface area contributed by atoms with Gasteiger partial charge in [-0.05, 0) is 37.5 Å². The maximum atomic E-state index is 12.2. The first-order valence-corrected chi connectivity index (χ1v) is 6.01. The first-order valence-electron chi connectivity index (χ1n) is 6.01. The van der Waals surface area contributed by atoms with E-state index >= 15 is 0 Å². The van der Waals surface area contributed by atoms with Crippen molar-refractivity contribution in [2.75, 3.05) is 13.1 Å². The molecule has 1 heterocycles. The molecule has 0 aromatic heterocycles. The lowest BCUT2D eigenvalue weighted by Gasteiger charge is -2.20. The summed E-state index contributed by atoms with van der Waals surface area (Å²) in [6.45, 7) is 3.71. The molecule has 88 valence electrons. The smallest absolute Gasteiger partial charge is 0.229 e. The number of hydrogen-bond donors (Lipinski definition) is 0. The largest absolute Gasteiger partial charge is 0.342 e. The molecule has 0 spiro atoms. The highest BCUT2D eigenvalue weighted by molar-refractivity contribution is 5.83. The van der Waals surface area contributed by atoms with Crippen LogP contribution in [0.4, 0.5) is 0 Å². The van der Waals surface area contributed by atoms with Crippen LogP contribution in [0.25, 0.3) is 0 Å². The van der Waals surface area contributed by atoms with Crippen LogP contribution in [0.2, 0.25) is 0 Å². The fraction of sp³-hybridized carbons (Fsp3) is 0.429. The van der Waals surface area contributed by atoms with Gasteiger partial charge in [0.15, 0.2) is 0 Å². The molecule has 3 heteroatoms. The van der Waals surface area contributed by atoms with Crippen LogP contribution in [-0.2, 0) is 4.79 Å². The minimum atomic E-state index is -0.110. The van der Waals surface area contributed by atoms with Gasteiger partial charge in [-0.15, -0.1) is 0 Å². The summed E-state index contributed by atoms with van der Waals surface area (Å²) in [4.78, 5) is 14.1. The van der Waals surface area contributed by atoms with Crippen LogP contribution in [0.3, 0.4) is 0 Å². The third-order valence-corrected chi connectivity index (χ3v) is 3.33. The van der Waals surface area contributed by atoms with Gasteiger partial charge in [0.1, 0.15) is 0 Å². The SMILES string of the molecule is C[C@H](C(=O)N1CCCC1)c1ccc(C#N)cc1. The minimum Gasteiger partial charge on any atom is -0.342 e. The molecule has 17 heavy (non-hydrogen) atoms. The van der Waals surface area contributed by atoms with Crippen molar-refractivity contribution in [3.63, 3.8) is 0 Å². The molecule has 1 fully saturated rings. The van der Waals surface area contributed by atoms with Crippen molar-refractivity contribution in [2.24, 2.45) is 0 Å². The van der Waals surface area contributed by atoms with E-state index < -0.39 is 0 Å². The molecule has 1 amide bonds. The highest BCUT2D eigenvalue weighted by Gasteiger charge is 2.24. The second kappa shape index (κ2) is 5.01. The summed E-state index contributed by atoms with van der Waals surface area (Å²) < 4.78 is 0. The number of carbonyl (C=O) groups excluding carboxylic acids is 1. The van der Waals surface area contributed by atoms with Crippen LogP contribution in [0, 0.1) is 11.3 Å². The number of nitriles is 1. The fourth-order valence-corrected chi connectivity index (χ4v) is 2.20. The number of nitrogens with zero attached hydrogens (tertiary/aromatic N) is 2. The molecular formula is C14H16N2O. The van der Waals surface area contributed by atoms with E-state index in [1.165, 1.54) is 0 Å². The van der Waals surface area contributed by atoms with Crippen molar-refractivity contribution in [3.8, 4) is 6.07 Å². The summed E-state index contributed by atoms with van der Waals surface area (Å²) in [5.41, 5.74) is 1.62. The van der Waals surface area contributed by atoms with E-state index in [0.717, 1.165) is 31.5 Å². The normalized spacial score (nSPS) is 16.6. The molecule has 1 atom stereocenters. The van der Waals surface area contributed by atoms with E-state index in [2.05, 4.69) is 6.07 Å². The zero-order valence-electron chi connectivity index (χ0n) is 10.0. The summed E-state index contributed by atoms with van der Waals surface area (Å²) >= 11 is 0. The number of benzene rings is 1. The highest BCUT2D eigenvalue weighted by atomic mass is 16.2. The summed E-state index contributed by atoms with van der Waals surface area (Å²) in [7, 11) is 0. The molecule has 0 radical (unpaired) electrons. The predicted molar refractivity (Wildman–Crippen MR) is 65.4 cm³/mol. The van der Waals surface area contributed by atoms with Crippen molar-refractivity contribution in [3.05, 3.63) is 35.4 Å². The monoisotopic (exact) mass is 228 g/mol. The number of likely N-dealkylation sites (tertiary alicyclic amines) is 1. The number of rotatable bonds is 2. The second-order valence-electron chi connectivity index (χ2n) is 4.49. The quantitative estimate of drug-likeness (QED) is 0.779. The molecule has 1 aliphatic heterocycles. The average Bonchev–Trinajstić information content (AvgIpc) is 2.91. The third kappa shape index (κ3) is 2.47. The van der Waals surface area contributed by atoms with Gasteiger partial charge in [-0.3, -0.25) is 4.79 Å². The predicted octanol–water partition coefficient (Wildman–Crippen LogP) is 2.28. The summed E-state index contributed by atoms with van der Waals surface area (Å²) in [6.07, 6.45) is 2.23. The Morgan fingerprint density at radius 3 is 2.41 bits per heavy atom. The number of carbonyl (C=O) groups is 1. The van der Waals surface area contributed by atoms with Gasteiger partial charge in [0.2, 0.25) is 5.91 Å². The van der Waals surface area contributed by atoms with E-state index in [0.29, 0.717) is 5.56 Å². The molecule has 1 aromatic carbocycles. The average molecular weight is 228 g/mol. The minimum absolute atomic E-state index is 0.110. The molecule has 2 rings (SSSR count). The van der Waals surface area contributed by atoms with E-state index in [1.54, 1.807) is 12.1 Å². The summed E-state index contributed by atoms with van der Waals surface area (Å²) in [6, 6.07) is 9.36. The Morgan fingerprint density at radius 1 is 1.29 bits per heavy atom. The fourth-order valence-electron chi connectivity index (χ4n) is 2.20. The van der Waals surface area contributed by atoms with Gasteiger partial charge in [0.25, 0.3) is 0 Å². The lowest BCUT2D eigenvalue weighted by molar-refractivity contribution is -0.131. The molecule has 1 aliphatic rings. The Labute approximate surface area is 102 Å². The third-order valence-electron chi connectivity index (χ3n) is 3.33. The Morgan fingerprint density at radius 2 is 1.88 bits per heavy atom. The van der Waals surface area contributed by atoms with Gasteiger partial charge in [-0.25, -0.2) is 0 Å². The van der Waals surface area contributed by atoms with E-state index in [4.69, 9.17) is 5.26 Å². The number of hydrogen-bond acceptors (Lipinski definition) is 2. The van der Waals surface area contributed by atoms with Crippen LogP contribution in [0.5, 0.6) is 0 Å². The molecule has 0 saturated carbocycles.